The summed E-state index contributed by atoms with van der Waals surface area (Å²) in [6, 6.07) is 9.62. The Bertz CT molecular complexity index is 365. The smallest absolute Gasteiger partial charge is 0.225 e. The number of rotatable bonds is 5. The summed E-state index contributed by atoms with van der Waals surface area (Å²) in [5.74, 6) is -0.00338. The van der Waals surface area contributed by atoms with Crippen molar-refractivity contribution in [2.24, 2.45) is 0 Å². The average Bonchev–Trinajstić information content (AvgIpc) is 2.28. The summed E-state index contributed by atoms with van der Waals surface area (Å²) in [5, 5.41) is 10.1. The second-order valence-electron chi connectivity index (χ2n) is 5.12. The molecule has 100 valence electrons. The van der Waals surface area contributed by atoms with Crippen molar-refractivity contribution in [1.82, 2.24) is 4.90 Å². The lowest BCUT2D eigenvalue weighted by Crippen LogP contribution is -2.42. The normalized spacial score (nSPS) is 12.8. The molecule has 0 bridgehead atoms. The highest BCUT2D eigenvalue weighted by atomic mass is 16.3. The molecule has 1 rings (SSSR count). The van der Waals surface area contributed by atoms with Gasteiger partial charge in [-0.15, -0.1) is 0 Å². The Morgan fingerprint density at radius 2 is 1.61 bits per heavy atom. The van der Waals surface area contributed by atoms with Gasteiger partial charge in [-0.05, 0) is 33.3 Å². The maximum atomic E-state index is 12.2. The van der Waals surface area contributed by atoms with Crippen LogP contribution in [0.2, 0.25) is 0 Å². The zero-order valence-electron chi connectivity index (χ0n) is 11.6. The molecule has 1 atom stereocenters. The molecular weight excluding hydrogens is 226 g/mol. The molecular formula is C15H23NO2. The SMILES string of the molecule is CC(C)N(C(=O)C[C@H](O)c1ccccc1)C(C)C. The van der Waals surface area contributed by atoms with Gasteiger partial charge >= 0.3 is 0 Å². The first kappa shape index (κ1) is 14.7. The van der Waals surface area contributed by atoms with E-state index in [-0.39, 0.29) is 24.4 Å². The van der Waals surface area contributed by atoms with Crippen LogP contribution in [0.15, 0.2) is 30.3 Å². The number of amides is 1. The number of carbonyl (C=O) groups excluding carboxylic acids is 1. The van der Waals surface area contributed by atoms with Crippen LogP contribution >= 0.6 is 0 Å². The van der Waals surface area contributed by atoms with Crippen molar-refractivity contribution < 1.29 is 9.90 Å². The number of aliphatic hydroxyl groups excluding tert-OH is 1. The monoisotopic (exact) mass is 249 g/mol. The van der Waals surface area contributed by atoms with Crippen LogP contribution in [0.1, 0.15) is 45.8 Å². The quantitative estimate of drug-likeness (QED) is 0.871. The third-order valence-corrected chi connectivity index (χ3v) is 2.95. The predicted octanol–water partition coefficient (Wildman–Crippen LogP) is 2.76. The van der Waals surface area contributed by atoms with Gasteiger partial charge in [-0.1, -0.05) is 30.3 Å². The molecule has 0 aliphatic carbocycles. The lowest BCUT2D eigenvalue weighted by molar-refractivity contribution is -0.136. The maximum Gasteiger partial charge on any atom is 0.225 e. The Morgan fingerprint density at radius 3 is 2.06 bits per heavy atom. The van der Waals surface area contributed by atoms with Crippen LogP contribution in [0.5, 0.6) is 0 Å². The van der Waals surface area contributed by atoms with Gasteiger partial charge in [0, 0.05) is 12.1 Å². The second-order valence-corrected chi connectivity index (χ2v) is 5.12. The van der Waals surface area contributed by atoms with Crippen molar-refractivity contribution in [2.45, 2.75) is 52.3 Å². The Hall–Kier alpha value is -1.35. The van der Waals surface area contributed by atoms with E-state index in [0.29, 0.717) is 0 Å². The minimum atomic E-state index is -0.723. The molecule has 18 heavy (non-hydrogen) atoms. The lowest BCUT2D eigenvalue weighted by atomic mass is 10.1. The summed E-state index contributed by atoms with van der Waals surface area (Å²) in [6.45, 7) is 7.97. The molecule has 0 spiro atoms. The van der Waals surface area contributed by atoms with Crippen LogP contribution in [0.25, 0.3) is 0 Å². The molecule has 0 aliphatic heterocycles. The average molecular weight is 249 g/mol. The predicted molar refractivity (Wildman–Crippen MR) is 73.1 cm³/mol. The summed E-state index contributed by atoms with van der Waals surface area (Å²) in [5.41, 5.74) is 0.790. The third-order valence-electron chi connectivity index (χ3n) is 2.95. The molecule has 0 fully saturated rings. The summed E-state index contributed by atoms with van der Waals surface area (Å²) in [7, 11) is 0. The number of benzene rings is 1. The van der Waals surface area contributed by atoms with Gasteiger partial charge in [-0.2, -0.15) is 0 Å². The molecule has 1 aromatic carbocycles. The number of nitrogens with zero attached hydrogens (tertiary/aromatic N) is 1. The Morgan fingerprint density at radius 1 is 1.11 bits per heavy atom. The first-order valence-electron chi connectivity index (χ1n) is 6.47. The van der Waals surface area contributed by atoms with E-state index >= 15 is 0 Å². The fourth-order valence-corrected chi connectivity index (χ4v) is 2.24. The molecule has 1 amide bonds. The van der Waals surface area contributed by atoms with Crippen molar-refractivity contribution in [2.75, 3.05) is 0 Å². The highest BCUT2D eigenvalue weighted by Crippen LogP contribution is 2.19. The summed E-state index contributed by atoms with van der Waals surface area (Å²) in [6.07, 6.45) is -0.584. The minimum absolute atomic E-state index is 0.00338. The van der Waals surface area contributed by atoms with E-state index in [4.69, 9.17) is 0 Å². The highest BCUT2D eigenvalue weighted by Gasteiger charge is 2.22. The largest absolute Gasteiger partial charge is 0.388 e. The van der Waals surface area contributed by atoms with Gasteiger partial charge in [0.15, 0.2) is 0 Å². The van der Waals surface area contributed by atoms with Crippen molar-refractivity contribution >= 4 is 5.91 Å². The summed E-state index contributed by atoms with van der Waals surface area (Å²) in [4.78, 5) is 14.0. The molecule has 0 heterocycles. The number of carbonyl (C=O) groups is 1. The first-order chi connectivity index (χ1) is 8.43. The van der Waals surface area contributed by atoms with E-state index in [1.54, 1.807) is 0 Å². The Kier molecular flexibility index (Phi) is 5.35. The van der Waals surface area contributed by atoms with Gasteiger partial charge in [0.1, 0.15) is 0 Å². The second kappa shape index (κ2) is 6.55. The minimum Gasteiger partial charge on any atom is -0.388 e. The van der Waals surface area contributed by atoms with Crippen molar-refractivity contribution in [3.8, 4) is 0 Å². The van der Waals surface area contributed by atoms with Gasteiger partial charge in [-0.3, -0.25) is 4.79 Å². The molecule has 1 aromatic rings. The van der Waals surface area contributed by atoms with E-state index in [9.17, 15) is 9.90 Å². The van der Waals surface area contributed by atoms with Crippen LogP contribution in [0.3, 0.4) is 0 Å². The van der Waals surface area contributed by atoms with E-state index in [2.05, 4.69) is 0 Å². The molecule has 1 N–H and O–H groups in total. The topological polar surface area (TPSA) is 40.5 Å². The van der Waals surface area contributed by atoms with Crippen LogP contribution in [0.4, 0.5) is 0 Å². The molecule has 3 nitrogen and oxygen atoms in total. The lowest BCUT2D eigenvalue weighted by Gasteiger charge is -2.31. The molecule has 0 aromatic heterocycles. The number of aliphatic hydroxyl groups is 1. The van der Waals surface area contributed by atoms with Crippen LogP contribution in [0, 0.1) is 0 Å². The van der Waals surface area contributed by atoms with E-state index in [0.717, 1.165) is 5.56 Å². The zero-order chi connectivity index (χ0) is 13.7. The fraction of sp³-hybridized carbons (Fsp3) is 0.533. The van der Waals surface area contributed by atoms with Gasteiger partial charge in [-0.25, -0.2) is 0 Å². The van der Waals surface area contributed by atoms with Gasteiger partial charge in [0.2, 0.25) is 5.91 Å². The molecule has 0 saturated carbocycles. The molecule has 0 saturated heterocycles. The van der Waals surface area contributed by atoms with Gasteiger partial charge in [0.25, 0.3) is 0 Å². The Labute approximate surface area is 109 Å². The molecule has 0 unspecified atom stereocenters. The maximum absolute atomic E-state index is 12.2. The third kappa shape index (κ3) is 3.84. The van der Waals surface area contributed by atoms with E-state index in [1.165, 1.54) is 0 Å². The molecule has 0 radical (unpaired) electrons. The molecule has 0 aliphatic rings. The van der Waals surface area contributed by atoms with Crippen LogP contribution in [-0.4, -0.2) is 28.0 Å². The van der Waals surface area contributed by atoms with Crippen molar-refractivity contribution in [3.63, 3.8) is 0 Å². The fourth-order valence-electron chi connectivity index (χ4n) is 2.24. The number of hydrogen-bond donors (Lipinski definition) is 1. The van der Waals surface area contributed by atoms with Gasteiger partial charge < -0.3 is 10.0 Å². The zero-order valence-corrected chi connectivity index (χ0v) is 11.6. The first-order valence-corrected chi connectivity index (χ1v) is 6.47. The van der Waals surface area contributed by atoms with E-state index in [1.807, 2.05) is 62.9 Å². The highest BCUT2D eigenvalue weighted by molar-refractivity contribution is 5.77. The van der Waals surface area contributed by atoms with E-state index < -0.39 is 6.10 Å². The Balaban J connectivity index is 2.69. The summed E-state index contributed by atoms with van der Waals surface area (Å²) >= 11 is 0. The summed E-state index contributed by atoms with van der Waals surface area (Å²) < 4.78 is 0. The van der Waals surface area contributed by atoms with Crippen LogP contribution < -0.4 is 0 Å². The van der Waals surface area contributed by atoms with Crippen molar-refractivity contribution in [3.05, 3.63) is 35.9 Å². The standard InChI is InChI=1S/C15H23NO2/c1-11(2)16(12(3)4)15(18)10-14(17)13-8-6-5-7-9-13/h5-9,11-12,14,17H,10H2,1-4H3/t14-/m0/s1. The van der Waals surface area contributed by atoms with Gasteiger partial charge in [0.05, 0.1) is 12.5 Å². The van der Waals surface area contributed by atoms with Crippen LogP contribution in [-0.2, 0) is 4.79 Å². The van der Waals surface area contributed by atoms with Crippen molar-refractivity contribution in [1.29, 1.82) is 0 Å². The number of hydrogen-bond acceptors (Lipinski definition) is 2. The molecule has 3 heteroatoms.